The predicted molar refractivity (Wildman–Crippen MR) is 89.9 cm³/mol. The number of nitrogens with two attached hydrogens (primary N) is 1. The number of nitroso groups, excluding NO2 is 1. The smallest absolute Gasteiger partial charge is 0.306 e. The van der Waals surface area contributed by atoms with E-state index in [0.717, 1.165) is 6.20 Å². The summed E-state index contributed by atoms with van der Waals surface area (Å²) in [7, 11) is 0. The van der Waals surface area contributed by atoms with Crippen molar-refractivity contribution in [3.63, 3.8) is 0 Å². The van der Waals surface area contributed by atoms with E-state index in [1.807, 2.05) is 0 Å². The number of carbonyl (C=O) groups excluding carboxylic acids is 1. The first kappa shape index (κ1) is 19.0. The van der Waals surface area contributed by atoms with Gasteiger partial charge >= 0.3 is 5.97 Å². The molecule has 0 aliphatic carbocycles. The SMILES string of the molecule is C=C/C(=C\N=O)[C@@H](/C=C\N)CC(=O)OCCc1ccc(O)c(O)c1. The maximum Gasteiger partial charge on any atom is 0.306 e. The second kappa shape index (κ2) is 9.83. The Balaban J connectivity index is 2.57. The number of phenolic OH excluding ortho intramolecular Hbond substituents is 2. The van der Waals surface area contributed by atoms with Crippen LogP contribution in [-0.2, 0) is 16.0 Å². The Morgan fingerprint density at radius 1 is 1.38 bits per heavy atom. The molecule has 0 saturated carbocycles. The molecule has 0 heterocycles. The number of rotatable bonds is 9. The number of aromatic hydroxyl groups is 2. The lowest BCUT2D eigenvalue weighted by molar-refractivity contribution is -0.144. The molecular weight excluding hydrogens is 312 g/mol. The maximum absolute atomic E-state index is 11.9. The molecule has 0 fully saturated rings. The van der Waals surface area contributed by atoms with E-state index in [1.165, 1.54) is 24.4 Å². The molecule has 0 unspecified atom stereocenters. The molecule has 0 radical (unpaired) electrons. The molecule has 0 bridgehead atoms. The van der Waals surface area contributed by atoms with Crippen LogP contribution in [0.1, 0.15) is 12.0 Å². The van der Waals surface area contributed by atoms with Gasteiger partial charge in [0.2, 0.25) is 0 Å². The number of hydrogen-bond donors (Lipinski definition) is 3. The number of ether oxygens (including phenoxy) is 1. The number of carbonyl (C=O) groups is 1. The van der Waals surface area contributed by atoms with Crippen LogP contribution in [0.15, 0.2) is 60.1 Å². The van der Waals surface area contributed by atoms with Crippen LogP contribution in [0.3, 0.4) is 0 Å². The van der Waals surface area contributed by atoms with E-state index in [9.17, 15) is 19.9 Å². The Morgan fingerprint density at radius 3 is 2.71 bits per heavy atom. The molecule has 1 aromatic rings. The van der Waals surface area contributed by atoms with Crippen LogP contribution in [0.5, 0.6) is 11.5 Å². The zero-order chi connectivity index (χ0) is 17.9. The van der Waals surface area contributed by atoms with E-state index >= 15 is 0 Å². The maximum atomic E-state index is 11.9. The summed E-state index contributed by atoms with van der Waals surface area (Å²) in [5, 5.41) is 21.3. The fourth-order valence-electron chi connectivity index (χ4n) is 2.04. The van der Waals surface area contributed by atoms with Gasteiger partial charge in [-0.1, -0.05) is 24.8 Å². The Bertz CT molecular complexity index is 652. The van der Waals surface area contributed by atoms with Crippen LogP contribution in [0.2, 0.25) is 0 Å². The molecule has 0 aliphatic heterocycles. The van der Waals surface area contributed by atoms with Gasteiger partial charge in [0.25, 0.3) is 0 Å². The van der Waals surface area contributed by atoms with Crippen molar-refractivity contribution in [2.45, 2.75) is 12.8 Å². The zero-order valence-electron chi connectivity index (χ0n) is 13.1. The average molecular weight is 332 g/mol. The molecule has 0 aliphatic rings. The van der Waals surface area contributed by atoms with E-state index in [-0.39, 0.29) is 24.5 Å². The van der Waals surface area contributed by atoms with E-state index < -0.39 is 11.9 Å². The highest BCUT2D eigenvalue weighted by Gasteiger charge is 2.15. The Kier molecular flexibility index (Phi) is 7.77. The van der Waals surface area contributed by atoms with Crippen molar-refractivity contribution in [2.24, 2.45) is 16.8 Å². The molecule has 1 aromatic carbocycles. The Hall–Kier alpha value is -3.09. The molecule has 4 N–H and O–H groups in total. The van der Waals surface area contributed by atoms with Crippen LogP contribution in [0, 0.1) is 10.8 Å². The summed E-state index contributed by atoms with van der Waals surface area (Å²) in [4.78, 5) is 22.3. The highest BCUT2D eigenvalue weighted by Crippen LogP contribution is 2.25. The van der Waals surface area contributed by atoms with E-state index in [0.29, 0.717) is 17.6 Å². The second-order valence-electron chi connectivity index (χ2n) is 4.93. The fraction of sp³-hybridized carbons (Fsp3) is 0.235. The molecule has 0 amide bonds. The average Bonchev–Trinajstić information content (AvgIpc) is 2.55. The summed E-state index contributed by atoms with van der Waals surface area (Å²) in [5.74, 6) is -1.36. The Labute approximate surface area is 139 Å². The second-order valence-corrected chi connectivity index (χ2v) is 4.93. The predicted octanol–water partition coefficient (Wildman–Crippen LogP) is 2.50. The van der Waals surface area contributed by atoms with Gasteiger partial charge in [0.05, 0.1) is 19.2 Å². The molecule has 7 heteroatoms. The molecule has 1 atom stereocenters. The van der Waals surface area contributed by atoms with Crippen LogP contribution in [0.4, 0.5) is 0 Å². The molecule has 1 rings (SSSR count). The number of benzene rings is 1. The van der Waals surface area contributed by atoms with E-state index in [2.05, 4.69) is 11.8 Å². The van der Waals surface area contributed by atoms with Crippen molar-refractivity contribution < 1.29 is 19.7 Å². The van der Waals surface area contributed by atoms with Crippen LogP contribution in [-0.4, -0.2) is 22.8 Å². The first-order valence-corrected chi connectivity index (χ1v) is 7.21. The van der Waals surface area contributed by atoms with Crippen molar-refractivity contribution in [1.29, 1.82) is 0 Å². The van der Waals surface area contributed by atoms with Gasteiger partial charge in [0, 0.05) is 12.3 Å². The minimum atomic E-state index is -0.472. The largest absolute Gasteiger partial charge is 0.504 e. The number of phenols is 2. The van der Waals surface area contributed by atoms with Crippen molar-refractivity contribution >= 4 is 5.97 Å². The summed E-state index contributed by atoms with van der Waals surface area (Å²) in [6.45, 7) is 3.68. The van der Waals surface area contributed by atoms with E-state index in [1.54, 1.807) is 12.1 Å². The number of nitrogens with zero attached hydrogens (tertiary/aromatic N) is 1. The third-order valence-electron chi connectivity index (χ3n) is 3.29. The van der Waals surface area contributed by atoms with Crippen molar-refractivity contribution in [1.82, 2.24) is 0 Å². The number of esters is 1. The lowest BCUT2D eigenvalue weighted by Gasteiger charge is -2.12. The van der Waals surface area contributed by atoms with Crippen molar-refractivity contribution in [2.75, 3.05) is 6.61 Å². The zero-order valence-corrected chi connectivity index (χ0v) is 13.1. The summed E-state index contributed by atoms with van der Waals surface area (Å²) < 4.78 is 5.14. The number of hydrogen-bond acceptors (Lipinski definition) is 7. The summed E-state index contributed by atoms with van der Waals surface area (Å²) in [5.41, 5.74) is 6.53. The first-order chi connectivity index (χ1) is 11.5. The minimum absolute atomic E-state index is 0.0120. The third kappa shape index (κ3) is 5.96. The van der Waals surface area contributed by atoms with Crippen LogP contribution < -0.4 is 5.73 Å². The quantitative estimate of drug-likeness (QED) is 0.276. The molecule has 0 spiro atoms. The summed E-state index contributed by atoms with van der Waals surface area (Å²) in [6, 6.07) is 4.39. The highest BCUT2D eigenvalue weighted by molar-refractivity contribution is 5.70. The van der Waals surface area contributed by atoms with E-state index in [4.69, 9.17) is 10.5 Å². The van der Waals surface area contributed by atoms with Gasteiger partial charge in [-0.2, -0.15) is 0 Å². The van der Waals surface area contributed by atoms with Gasteiger partial charge in [-0.05, 0) is 34.6 Å². The number of allylic oxidation sites excluding steroid dienone is 3. The monoisotopic (exact) mass is 332 g/mol. The molecule has 7 nitrogen and oxygen atoms in total. The Morgan fingerprint density at radius 2 is 2.12 bits per heavy atom. The topological polar surface area (TPSA) is 122 Å². The van der Waals surface area contributed by atoms with Crippen molar-refractivity contribution in [3.05, 3.63) is 65.4 Å². The lowest BCUT2D eigenvalue weighted by atomic mass is 9.96. The lowest BCUT2D eigenvalue weighted by Crippen LogP contribution is -2.13. The molecular formula is C17H20N2O5. The van der Waals surface area contributed by atoms with Gasteiger partial charge in [0.15, 0.2) is 11.5 Å². The molecule has 24 heavy (non-hydrogen) atoms. The molecule has 0 saturated heterocycles. The van der Waals surface area contributed by atoms with Gasteiger partial charge < -0.3 is 20.7 Å². The standard InChI is InChI=1S/C17H20N2O5/c1-2-13(11-19-23)14(5-7-18)10-17(22)24-8-6-12-3-4-15(20)16(21)9-12/h2-5,7,9,11,14,20-21H,1,6,8,10,18H2/b7-5-,13-11+/t14-/m0/s1. The van der Waals surface area contributed by atoms with Gasteiger partial charge in [-0.3, -0.25) is 4.79 Å². The van der Waals surface area contributed by atoms with Gasteiger partial charge in [-0.15, -0.1) is 4.91 Å². The first-order valence-electron chi connectivity index (χ1n) is 7.21. The normalized spacial score (nSPS) is 12.8. The molecule has 128 valence electrons. The minimum Gasteiger partial charge on any atom is -0.504 e. The summed E-state index contributed by atoms with van der Waals surface area (Å²) >= 11 is 0. The third-order valence-corrected chi connectivity index (χ3v) is 3.29. The van der Waals surface area contributed by atoms with Crippen LogP contribution in [0.25, 0.3) is 0 Å². The summed E-state index contributed by atoms with van der Waals surface area (Å²) in [6.07, 6.45) is 5.71. The van der Waals surface area contributed by atoms with Gasteiger partial charge in [0.1, 0.15) is 0 Å². The molecule has 0 aromatic heterocycles. The van der Waals surface area contributed by atoms with Crippen molar-refractivity contribution in [3.8, 4) is 11.5 Å². The fourth-order valence-corrected chi connectivity index (χ4v) is 2.04. The van der Waals surface area contributed by atoms with Gasteiger partial charge in [-0.25, -0.2) is 0 Å². The van der Waals surface area contributed by atoms with Crippen LogP contribution >= 0.6 is 0 Å². The highest BCUT2D eigenvalue weighted by atomic mass is 16.5.